The average Bonchev–Trinajstić information content (AvgIpc) is 3.14. The number of amides is 2. The lowest BCUT2D eigenvalue weighted by molar-refractivity contribution is -0.137. The van der Waals surface area contributed by atoms with Crippen LogP contribution < -0.4 is 21.4 Å². The molecule has 1 atom stereocenters. The predicted molar refractivity (Wildman–Crippen MR) is 99.0 cm³/mol. The Labute approximate surface area is 156 Å². The number of piperidine rings is 1. The van der Waals surface area contributed by atoms with Gasteiger partial charge in [0.25, 0.3) is 5.91 Å². The van der Waals surface area contributed by atoms with E-state index in [-0.39, 0.29) is 11.8 Å². The highest BCUT2D eigenvalue weighted by Crippen LogP contribution is 2.28. The standard InChI is InChI=1S/C17H25N7O3/c1-10(2)12(15(25)23-27)22-16(26)17(18)4-7-24(8-5-17)14-11-3-6-19-13(11)20-9-21-14/h3,6,9-10,12,27H,4-5,7-8,18H2,1-2H3,(H,22,26)(H,23,25)(H,19,20,21)/t12-/m1/s1. The molecule has 3 heterocycles. The first kappa shape index (κ1) is 19.1. The number of carbonyl (C=O) groups excluding carboxylic acids is 2. The molecule has 10 nitrogen and oxygen atoms in total. The molecule has 1 fully saturated rings. The summed E-state index contributed by atoms with van der Waals surface area (Å²) in [4.78, 5) is 38.2. The van der Waals surface area contributed by atoms with Gasteiger partial charge < -0.3 is 20.9 Å². The van der Waals surface area contributed by atoms with Crippen LogP contribution in [-0.2, 0) is 9.59 Å². The maximum Gasteiger partial charge on any atom is 0.266 e. The second-order valence-electron chi connectivity index (χ2n) is 7.25. The molecule has 0 aliphatic carbocycles. The zero-order valence-corrected chi connectivity index (χ0v) is 15.4. The predicted octanol–water partition coefficient (Wildman–Crippen LogP) is -0.0982. The van der Waals surface area contributed by atoms with Crippen LogP contribution in [-0.4, -0.2) is 56.6 Å². The lowest BCUT2D eigenvalue weighted by Crippen LogP contribution is -2.63. The fraction of sp³-hybridized carbons (Fsp3) is 0.529. The molecule has 27 heavy (non-hydrogen) atoms. The van der Waals surface area contributed by atoms with Crippen molar-refractivity contribution >= 4 is 28.7 Å². The molecule has 10 heteroatoms. The van der Waals surface area contributed by atoms with Crippen molar-refractivity contribution in [2.75, 3.05) is 18.0 Å². The third-order valence-electron chi connectivity index (χ3n) is 5.09. The Hall–Kier alpha value is -2.72. The van der Waals surface area contributed by atoms with Crippen molar-refractivity contribution < 1.29 is 14.8 Å². The summed E-state index contributed by atoms with van der Waals surface area (Å²) in [5, 5.41) is 12.5. The number of hydroxylamine groups is 1. The minimum Gasteiger partial charge on any atom is -0.356 e. The first-order chi connectivity index (χ1) is 12.9. The molecule has 1 aliphatic rings. The van der Waals surface area contributed by atoms with Gasteiger partial charge in [0.2, 0.25) is 5.91 Å². The van der Waals surface area contributed by atoms with E-state index in [2.05, 4.69) is 25.2 Å². The van der Waals surface area contributed by atoms with Crippen LogP contribution in [0, 0.1) is 5.92 Å². The Morgan fingerprint density at radius 1 is 1.33 bits per heavy atom. The summed E-state index contributed by atoms with van der Waals surface area (Å²) in [6.45, 7) is 4.67. The molecule has 1 aliphatic heterocycles. The Morgan fingerprint density at radius 3 is 2.67 bits per heavy atom. The van der Waals surface area contributed by atoms with Crippen LogP contribution in [0.4, 0.5) is 5.82 Å². The smallest absolute Gasteiger partial charge is 0.266 e. The number of aromatic amines is 1. The molecular weight excluding hydrogens is 350 g/mol. The fourth-order valence-corrected chi connectivity index (χ4v) is 3.34. The lowest BCUT2D eigenvalue weighted by Gasteiger charge is -2.39. The SMILES string of the molecule is CC(C)[C@@H](NC(=O)C1(N)CCN(c2ncnc3[nH]ccc23)CC1)C(=O)NO. The quantitative estimate of drug-likeness (QED) is 0.362. The van der Waals surface area contributed by atoms with Gasteiger partial charge in [-0.2, -0.15) is 0 Å². The van der Waals surface area contributed by atoms with E-state index in [1.54, 1.807) is 19.3 Å². The number of fused-ring (bicyclic) bond motifs is 1. The van der Waals surface area contributed by atoms with E-state index in [1.165, 1.54) is 6.33 Å². The van der Waals surface area contributed by atoms with Crippen molar-refractivity contribution in [2.24, 2.45) is 11.7 Å². The Bertz CT molecular complexity index is 827. The van der Waals surface area contributed by atoms with Crippen LogP contribution in [0.25, 0.3) is 11.0 Å². The van der Waals surface area contributed by atoms with Gasteiger partial charge >= 0.3 is 0 Å². The Balaban J connectivity index is 1.69. The third kappa shape index (κ3) is 3.71. The molecule has 0 aromatic carbocycles. The molecular formula is C17H25N7O3. The van der Waals surface area contributed by atoms with Gasteiger partial charge in [-0.1, -0.05) is 13.8 Å². The summed E-state index contributed by atoms with van der Waals surface area (Å²) < 4.78 is 0. The van der Waals surface area contributed by atoms with Gasteiger partial charge in [-0.25, -0.2) is 15.4 Å². The van der Waals surface area contributed by atoms with Crippen LogP contribution in [0.1, 0.15) is 26.7 Å². The first-order valence-corrected chi connectivity index (χ1v) is 8.92. The zero-order chi connectivity index (χ0) is 19.6. The number of hydrogen-bond donors (Lipinski definition) is 5. The van der Waals surface area contributed by atoms with E-state index in [0.717, 1.165) is 16.9 Å². The van der Waals surface area contributed by atoms with Gasteiger partial charge in [-0.05, 0) is 24.8 Å². The summed E-state index contributed by atoms with van der Waals surface area (Å²) in [6, 6.07) is 1.07. The molecule has 146 valence electrons. The number of carbonyl (C=O) groups is 2. The summed E-state index contributed by atoms with van der Waals surface area (Å²) >= 11 is 0. The maximum absolute atomic E-state index is 12.7. The van der Waals surface area contributed by atoms with Crippen molar-refractivity contribution in [1.82, 2.24) is 25.7 Å². The number of H-pyrrole nitrogens is 1. The van der Waals surface area contributed by atoms with Crippen molar-refractivity contribution in [1.29, 1.82) is 0 Å². The molecule has 1 saturated heterocycles. The molecule has 2 amide bonds. The van der Waals surface area contributed by atoms with Crippen molar-refractivity contribution in [3.63, 3.8) is 0 Å². The topological polar surface area (TPSA) is 149 Å². The molecule has 2 aromatic rings. The summed E-state index contributed by atoms with van der Waals surface area (Å²) in [5.74, 6) is -0.426. The van der Waals surface area contributed by atoms with E-state index in [4.69, 9.17) is 10.9 Å². The number of nitrogens with one attached hydrogen (secondary N) is 3. The Morgan fingerprint density at radius 2 is 2.04 bits per heavy atom. The molecule has 6 N–H and O–H groups in total. The minimum atomic E-state index is -1.08. The van der Waals surface area contributed by atoms with Crippen LogP contribution in [0.2, 0.25) is 0 Å². The van der Waals surface area contributed by atoms with Gasteiger partial charge in [0.05, 0.1) is 10.9 Å². The second-order valence-corrected chi connectivity index (χ2v) is 7.25. The molecule has 0 saturated carbocycles. The zero-order valence-electron chi connectivity index (χ0n) is 15.4. The largest absolute Gasteiger partial charge is 0.356 e. The minimum absolute atomic E-state index is 0.187. The van der Waals surface area contributed by atoms with Crippen molar-refractivity contribution in [2.45, 2.75) is 38.3 Å². The highest BCUT2D eigenvalue weighted by Gasteiger charge is 2.40. The molecule has 0 unspecified atom stereocenters. The number of rotatable bonds is 5. The highest BCUT2D eigenvalue weighted by molar-refractivity contribution is 5.92. The van der Waals surface area contributed by atoms with E-state index in [9.17, 15) is 9.59 Å². The molecule has 0 spiro atoms. The number of nitrogens with two attached hydrogens (primary N) is 1. The molecule has 3 rings (SSSR count). The maximum atomic E-state index is 12.7. The van der Waals surface area contributed by atoms with Crippen molar-refractivity contribution in [3.05, 3.63) is 18.6 Å². The number of nitrogens with zero attached hydrogens (tertiary/aromatic N) is 3. The average molecular weight is 375 g/mol. The van der Waals surface area contributed by atoms with Gasteiger partial charge in [0.15, 0.2) is 0 Å². The van der Waals surface area contributed by atoms with Gasteiger partial charge in [0, 0.05) is 19.3 Å². The van der Waals surface area contributed by atoms with Gasteiger partial charge in [0.1, 0.15) is 23.8 Å². The summed E-state index contributed by atoms with van der Waals surface area (Å²) in [6.07, 6.45) is 4.15. The second kappa shape index (κ2) is 7.49. The van der Waals surface area contributed by atoms with Gasteiger partial charge in [-0.15, -0.1) is 0 Å². The number of anilines is 1. The first-order valence-electron chi connectivity index (χ1n) is 8.92. The van der Waals surface area contributed by atoms with Crippen molar-refractivity contribution in [3.8, 4) is 0 Å². The van der Waals surface area contributed by atoms with E-state index in [0.29, 0.717) is 25.9 Å². The summed E-state index contributed by atoms with van der Waals surface area (Å²) in [5.41, 5.74) is 7.63. The number of hydrogen-bond acceptors (Lipinski definition) is 7. The molecule has 2 aromatic heterocycles. The molecule has 0 bridgehead atoms. The normalized spacial score (nSPS) is 17.7. The highest BCUT2D eigenvalue weighted by atomic mass is 16.5. The van der Waals surface area contributed by atoms with Crippen LogP contribution in [0.5, 0.6) is 0 Å². The van der Waals surface area contributed by atoms with E-state index in [1.807, 2.05) is 12.3 Å². The van der Waals surface area contributed by atoms with Gasteiger partial charge in [-0.3, -0.25) is 14.8 Å². The fourth-order valence-electron chi connectivity index (χ4n) is 3.34. The van der Waals surface area contributed by atoms with Crippen LogP contribution in [0.15, 0.2) is 18.6 Å². The number of aromatic nitrogens is 3. The lowest BCUT2D eigenvalue weighted by atomic mass is 9.86. The van der Waals surface area contributed by atoms with E-state index < -0.39 is 17.5 Å². The molecule has 0 radical (unpaired) electrons. The Kier molecular flexibility index (Phi) is 5.29. The third-order valence-corrected chi connectivity index (χ3v) is 5.09. The van der Waals surface area contributed by atoms with Crippen LogP contribution >= 0.6 is 0 Å². The van der Waals surface area contributed by atoms with Crippen LogP contribution in [0.3, 0.4) is 0 Å². The monoisotopic (exact) mass is 375 g/mol. The van der Waals surface area contributed by atoms with E-state index >= 15 is 0 Å². The summed E-state index contributed by atoms with van der Waals surface area (Å²) in [7, 11) is 0.